The molecule has 25 heavy (non-hydrogen) atoms. The highest BCUT2D eigenvalue weighted by Gasteiger charge is 2.11. The molecular formula is C18H17F2N5. The van der Waals surface area contributed by atoms with Crippen LogP contribution < -0.4 is 16.4 Å². The van der Waals surface area contributed by atoms with Crippen molar-refractivity contribution in [2.24, 2.45) is 0 Å². The highest BCUT2D eigenvalue weighted by Crippen LogP contribution is 2.29. The lowest BCUT2D eigenvalue weighted by molar-refractivity contribution is 0.603. The minimum Gasteiger partial charge on any atom is -0.393 e. The first-order valence-corrected chi connectivity index (χ1v) is 7.61. The highest BCUT2D eigenvalue weighted by atomic mass is 19.1. The molecule has 0 radical (unpaired) electrons. The molecule has 3 rings (SSSR count). The van der Waals surface area contributed by atoms with Gasteiger partial charge in [0, 0.05) is 11.8 Å². The molecule has 2 aromatic carbocycles. The molecule has 1 aromatic heterocycles. The molecule has 0 aliphatic rings. The van der Waals surface area contributed by atoms with Gasteiger partial charge >= 0.3 is 0 Å². The van der Waals surface area contributed by atoms with Crippen molar-refractivity contribution in [1.29, 1.82) is 0 Å². The number of rotatable bonds is 4. The van der Waals surface area contributed by atoms with E-state index >= 15 is 0 Å². The van der Waals surface area contributed by atoms with E-state index in [9.17, 15) is 8.78 Å². The first-order chi connectivity index (χ1) is 11.9. The Morgan fingerprint density at radius 3 is 2.32 bits per heavy atom. The fourth-order valence-corrected chi connectivity index (χ4v) is 2.27. The van der Waals surface area contributed by atoms with Gasteiger partial charge in [-0.15, -0.1) is 0 Å². The van der Waals surface area contributed by atoms with Gasteiger partial charge in [-0.1, -0.05) is 6.07 Å². The lowest BCUT2D eigenvalue weighted by Crippen LogP contribution is -2.06. The van der Waals surface area contributed by atoms with Crippen LogP contribution in [-0.4, -0.2) is 9.97 Å². The minimum atomic E-state index is -0.608. The van der Waals surface area contributed by atoms with Crippen LogP contribution in [0.3, 0.4) is 0 Å². The number of hydrogen-bond acceptors (Lipinski definition) is 5. The van der Waals surface area contributed by atoms with E-state index in [1.807, 2.05) is 32.0 Å². The topological polar surface area (TPSA) is 75.9 Å². The molecule has 3 aromatic rings. The van der Waals surface area contributed by atoms with Gasteiger partial charge in [0.05, 0.1) is 5.69 Å². The third-order valence-electron chi connectivity index (χ3n) is 3.84. The molecule has 4 N–H and O–H groups in total. The van der Waals surface area contributed by atoms with E-state index in [0.717, 1.165) is 29.4 Å². The molecule has 128 valence electrons. The van der Waals surface area contributed by atoms with Gasteiger partial charge in [0.2, 0.25) is 0 Å². The summed E-state index contributed by atoms with van der Waals surface area (Å²) in [5.41, 5.74) is 9.32. The number of hydrogen-bond donors (Lipinski definition) is 3. The highest BCUT2D eigenvalue weighted by molar-refractivity contribution is 5.80. The minimum absolute atomic E-state index is 0.0532. The molecule has 0 saturated heterocycles. The summed E-state index contributed by atoms with van der Waals surface area (Å²) in [6.45, 7) is 4.03. The van der Waals surface area contributed by atoms with Crippen molar-refractivity contribution in [3.8, 4) is 0 Å². The lowest BCUT2D eigenvalue weighted by atomic mass is 10.1. The van der Waals surface area contributed by atoms with Gasteiger partial charge in [-0.25, -0.2) is 18.7 Å². The summed E-state index contributed by atoms with van der Waals surface area (Å²) < 4.78 is 27.1. The van der Waals surface area contributed by atoms with E-state index in [1.165, 1.54) is 11.9 Å². The van der Waals surface area contributed by atoms with Gasteiger partial charge in [0.25, 0.3) is 0 Å². The molecule has 1 heterocycles. The average molecular weight is 341 g/mol. The summed E-state index contributed by atoms with van der Waals surface area (Å²) in [5.74, 6) is -0.614. The van der Waals surface area contributed by atoms with Crippen LogP contribution in [0, 0.1) is 25.5 Å². The monoisotopic (exact) mass is 341 g/mol. The molecule has 0 aliphatic heterocycles. The van der Waals surface area contributed by atoms with E-state index < -0.39 is 11.6 Å². The third kappa shape index (κ3) is 3.65. The van der Waals surface area contributed by atoms with E-state index in [0.29, 0.717) is 5.82 Å². The van der Waals surface area contributed by atoms with E-state index in [-0.39, 0.29) is 17.2 Å². The fourth-order valence-electron chi connectivity index (χ4n) is 2.27. The molecule has 0 saturated carbocycles. The predicted molar refractivity (Wildman–Crippen MR) is 95.3 cm³/mol. The van der Waals surface area contributed by atoms with E-state index in [4.69, 9.17) is 5.73 Å². The molecule has 0 spiro atoms. The predicted octanol–water partition coefficient (Wildman–Crippen LogP) is 4.44. The third-order valence-corrected chi connectivity index (χ3v) is 3.84. The number of benzene rings is 2. The van der Waals surface area contributed by atoms with Gasteiger partial charge < -0.3 is 16.4 Å². The summed E-state index contributed by atoms with van der Waals surface area (Å²) in [7, 11) is 0. The van der Waals surface area contributed by atoms with Crippen LogP contribution in [0.15, 0.2) is 42.7 Å². The fraction of sp³-hybridized carbons (Fsp3) is 0.111. The number of nitrogens with zero attached hydrogens (tertiary/aromatic N) is 2. The Bertz CT molecular complexity index is 927. The van der Waals surface area contributed by atoms with E-state index in [1.54, 1.807) is 0 Å². The number of aromatic nitrogens is 2. The second-order valence-electron chi connectivity index (χ2n) is 5.66. The van der Waals surface area contributed by atoms with Gasteiger partial charge in [0.1, 0.15) is 23.6 Å². The molecule has 7 heteroatoms. The maximum Gasteiger partial charge on any atom is 0.159 e. The second kappa shape index (κ2) is 6.72. The smallest absolute Gasteiger partial charge is 0.159 e. The van der Waals surface area contributed by atoms with Crippen molar-refractivity contribution in [3.63, 3.8) is 0 Å². The molecular weight excluding hydrogens is 324 g/mol. The first kappa shape index (κ1) is 16.6. The SMILES string of the molecule is Cc1ccc(Nc2ncnc(Nc3cc(F)ccc3F)c2N)cc1C. The summed E-state index contributed by atoms with van der Waals surface area (Å²) in [6.07, 6.45) is 1.29. The largest absolute Gasteiger partial charge is 0.393 e. The lowest BCUT2D eigenvalue weighted by Gasteiger charge is -2.13. The van der Waals surface area contributed by atoms with Crippen LogP contribution in [-0.2, 0) is 0 Å². The summed E-state index contributed by atoms with van der Waals surface area (Å²) >= 11 is 0. The maximum atomic E-state index is 13.8. The second-order valence-corrected chi connectivity index (χ2v) is 5.66. The molecule has 0 atom stereocenters. The van der Waals surface area contributed by atoms with Gasteiger partial charge in [-0.2, -0.15) is 0 Å². The molecule has 5 nitrogen and oxygen atoms in total. The van der Waals surface area contributed by atoms with Crippen LogP contribution in [0.25, 0.3) is 0 Å². The normalized spacial score (nSPS) is 10.6. The number of nitrogens with one attached hydrogen (secondary N) is 2. The Balaban J connectivity index is 1.89. The molecule has 0 bridgehead atoms. The van der Waals surface area contributed by atoms with Crippen molar-refractivity contribution < 1.29 is 8.78 Å². The van der Waals surface area contributed by atoms with Crippen LogP contribution in [0.5, 0.6) is 0 Å². The summed E-state index contributed by atoms with van der Waals surface area (Å²) in [6, 6.07) is 8.96. The van der Waals surface area contributed by atoms with Crippen molar-refractivity contribution in [2.45, 2.75) is 13.8 Å². The van der Waals surface area contributed by atoms with Gasteiger partial charge in [0.15, 0.2) is 11.6 Å². The number of anilines is 5. The average Bonchev–Trinajstić information content (AvgIpc) is 2.58. The Morgan fingerprint density at radius 2 is 1.60 bits per heavy atom. The zero-order valence-corrected chi connectivity index (χ0v) is 13.8. The summed E-state index contributed by atoms with van der Waals surface area (Å²) in [4.78, 5) is 8.11. The zero-order valence-electron chi connectivity index (χ0n) is 13.8. The Morgan fingerprint density at radius 1 is 0.880 bits per heavy atom. The van der Waals surface area contributed by atoms with Crippen LogP contribution in [0.1, 0.15) is 11.1 Å². The maximum absolute atomic E-state index is 13.8. The van der Waals surface area contributed by atoms with Crippen LogP contribution in [0.2, 0.25) is 0 Å². The van der Waals surface area contributed by atoms with Crippen LogP contribution in [0.4, 0.5) is 37.5 Å². The number of aryl methyl sites for hydroxylation is 2. The molecule has 0 fully saturated rings. The van der Waals surface area contributed by atoms with E-state index in [2.05, 4.69) is 20.6 Å². The Labute approximate surface area is 143 Å². The number of nitrogen functional groups attached to an aromatic ring is 1. The standard InChI is InChI=1S/C18H17F2N5/c1-10-3-5-13(7-11(10)2)24-17-16(21)18(23-9-22-17)25-15-8-12(19)4-6-14(15)20/h3-9H,21H2,1-2H3,(H2,22,23,24,25). The van der Waals surface area contributed by atoms with Crippen molar-refractivity contribution >= 4 is 28.7 Å². The molecule has 0 unspecified atom stereocenters. The Kier molecular flexibility index (Phi) is 4.47. The molecule has 0 aliphatic carbocycles. The van der Waals surface area contributed by atoms with Gasteiger partial charge in [-0.3, -0.25) is 0 Å². The first-order valence-electron chi connectivity index (χ1n) is 7.61. The zero-order chi connectivity index (χ0) is 18.0. The number of nitrogens with two attached hydrogens (primary N) is 1. The molecule has 0 amide bonds. The Hall–Kier alpha value is -3.22. The quantitative estimate of drug-likeness (QED) is 0.654. The van der Waals surface area contributed by atoms with Crippen molar-refractivity contribution in [1.82, 2.24) is 9.97 Å². The summed E-state index contributed by atoms with van der Waals surface area (Å²) in [5, 5.41) is 5.81. The van der Waals surface area contributed by atoms with Crippen LogP contribution >= 0.6 is 0 Å². The number of halogens is 2. The van der Waals surface area contributed by atoms with Crippen molar-refractivity contribution in [2.75, 3.05) is 16.4 Å². The van der Waals surface area contributed by atoms with Crippen molar-refractivity contribution in [3.05, 3.63) is 65.5 Å². The van der Waals surface area contributed by atoms with Gasteiger partial charge in [-0.05, 0) is 49.2 Å².